The van der Waals surface area contributed by atoms with Crippen molar-refractivity contribution in [2.45, 2.75) is 26.7 Å². The zero-order valence-electron chi connectivity index (χ0n) is 8.11. The van der Waals surface area contributed by atoms with Gasteiger partial charge in [0, 0.05) is 12.1 Å². The molecule has 0 atom stereocenters. The van der Waals surface area contributed by atoms with Crippen molar-refractivity contribution in [2.75, 3.05) is 13.6 Å². The normalized spacial score (nSPS) is 12.6. The molecule has 0 rings (SSSR count). The van der Waals surface area contributed by atoms with Crippen LogP contribution in [0.5, 0.6) is 0 Å². The molecule has 0 heterocycles. The highest BCUT2D eigenvalue weighted by molar-refractivity contribution is 5.92. The summed E-state index contributed by atoms with van der Waals surface area (Å²) in [6.45, 7) is 4.62. The van der Waals surface area contributed by atoms with Crippen molar-refractivity contribution in [3.63, 3.8) is 0 Å². The smallest absolute Gasteiger partial charge is 0.244 e. The maximum atomic E-state index is 10.8. The Morgan fingerprint density at radius 2 is 2.08 bits per heavy atom. The van der Waals surface area contributed by atoms with Crippen LogP contribution < -0.4 is 11.1 Å². The number of primary amides is 1. The van der Waals surface area contributed by atoms with Gasteiger partial charge in [-0.25, -0.2) is 0 Å². The second-order valence-corrected chi connectivity index (χ2v) is 2.87. The second kappa shape index (κ2) is 5.77. The number of carbonyl (C=O) groups is 1. The van der Waals surface area contributed by atoms with E-state index in [4.69, 9.17) is 5.73 Å². The monoisotopic (exact) mass is 170 g/mol. The summed E-state index contributed by atoms with van der Waals surface area (Å²) in [5, 5.41) is 3.02. The van der Waals surface area contributed by atoms with Crippen molar-refractivity contribution >= 4 is 5.91 Å². The van der Waals surface area contributed by atoms with Gasteiger partial charge in [-0.2, -0.15) is 0 Å². The Balaban J connectivity index is 4.43. The van der Waals surface area contributed by atoms with E-state index in [9.17, 15) is 4.79 Å². The first-order valence-electron chi connectivity index (χ1n) is 4.26. The molecule has 0 aliphatic carbocycles. The van der Waals surface area contributed by atoms with Gasteiger partial charge in [0.05, 0.1) is 0 Å². The van der Waals surface area contributed by atoms with E-state index >= 15 is 0 Å². The van der Waals surface area contributed by atoms with E-state index in [2.05, 4.69) is 12.2 Å². The van der Waals surface area contributed by atoms with Crippen molar-refractivity contribution < 1.29 is 4.79 Å². The van der Waals surface area contributed by atoms with E-state index in [-0.39, 0.29) is 5.91 Å². The van der Waals surface area contributed by atoms with Crippen LogP contribution in [0, 0.1) is 0 Å². The highest BCUT2D eigenvalue weighted by Crippen LogP contribution is 2.09. The third-order valence-corrected chi connectivity index (χ3v) is 1.84. The first-order valence-corrected chi connectivity index (χ1v) is 4.26. The van der Waals surface area contributed by atoms with Crippen LogP contribution in [0.4, 0.5) is 0 Å². The largest absolute Gasteiger partial charge is 0.366 e. The fourth-order valence-corrected chi connectivity index (χ4v) is 1.10. The molecule has 3 heteroatoms. The molecule has 1 amide bonds. The highest BCUT2D eigenvalue weighted by atomic mass is 16.1. The van der Waals surface area contributed by atoms with E-state index in [1.165, 1.54) is 0 Å². The molecule has 3 N–H and O–H groups in total. The molecule has 0 saturated heterocycles. The van der Waals surface area contributed by atoms with Crippen molar-refractivity contribution in [1.82, 2.24) is 5.32 Å². The van der Waals surface area contributed by atoms with Gasteiger partial charge in [-0.1, -0.05) is 13.3 Å². The SMILES string of the molecule is CCCC(CNC)=C(C)C(N)=O. The molecule has 0 aliphatic rings. The molecule has 3 nitrogen and oxygen atoms in total. The highest BCUT2D eigenvalue weighted by Gasteiger charge is 2.05. The Hall–Kier alpha value is -0.830. The molecule has 12 heavy (non-hydrogen) atoms. The van der Waals surface area contributed by atoms with E-state index < -0.39 is 0 Å². The van der Waals surface area contributed by atoms with Crippen molar-refractivity contribution in [2.24, 2.45) is 5.73 Å². The fourth-order valence-electron chi connectivity index (χ4n) is 1.10. The number of amides is 1. The zero-order chi connectivity index (χ0) is 9.56. The van der Waals surface area contributed by atoms with Gasteiger partial charge in [0.2, 0.25) is 5.91 Å². The summed E-state index contributed by atoms with van der Waals surface area (Å²) in [4.78, 5) is 10.8. The van der Waals surface area contributed by atoms with Gasteiger partial charge in [0.1, 0.15) is 0 Å². The van der Waals surface area contributed by atoms with Crippen molar-refractivity contribution in [3.8, 4) is 0 Å². The number of carbonyl (C=O) groups excluding carboxylic acids is 1. The second-order valence-electron chi connectivity index (χ2n) is 2.87. The van der Waals surface area contributed by atoms with Crippen molar-refractivity contribution in [1.29, 1.82) is 0 Å². The van der Waals surface area contributed by atoms with Gasteiger partial charge >= 0.3 is 0 Å². The average molecular weight is 170 g/mol. The molecule has 0 radical (unpaired) electrons. The van der Waals surface area contributed by atoms with Crippen LogP contribution in [0.25, 0.3) is 0 Å². The lowest BCUT2D eigenvalue weighted by molar-refractivity contribution is -0.114. The van der Waals surface area contributed by atoms with Crippen molar-refractivity contribution in [3.05, 3.63) is 11.1 Å². The molecule has 0 saturated carbocycles. The topological polar surface area (TPSA) is 55.1 Å². The van der Waals surface area contributed by atoms with Gasteiger partial charge < -0.3 is 11.1 Å². The van der Waals surface area contributed by atoms with Gasteiger partial charge in [0.15, 0.2) is 0 Å². The predicted octanol–water partition coefficient (Wildman–Crippen LogP) is 0.808. The first-order chi connectivity index (χ1) is 5.63. The third kappa shape index (κ3) is 3.53. The summed E-state index contributed by atoms with van der Waals surface area (Å²) in [6, 6.07) is 0. The van der Waals surface area contributed by atoms with Crippen LogP contribution >= 0.6 is 0 Å². The number of hydrogen-bond acceptors (Lipinski definition) is 2. The van der Waals surface area contributed by atoms with Crippen LogP contribution in [0.2, 0.25) is 0 Å². The standard InChI is InChI=1S/C9H18N2O/c1-4-5-8(6-11-3)7(2)9(10)12/h11H,4-6H2,1-3H3,(H2,10,12). The lowest BCUT2D eigenvalue weighted by Gasteiger charge is -2.08. The first kappa shape index (κ1) is 11.2. The van der Waals surface area contributed by atoms with Crippen LogP contribution in [-0.2, 0) is 4.79 Å². The van der Waals surface area contributed by atoms with E-state index in [1.54, 1.807) is 6.92 Å². The summed E-state index contributed by atoms with van der Waals surface area (Å²) in [6.07, 6.45) is 1.98. The van der Waals surface area contributed by atoms with Gasteiger partial charge in [-0.15, -0.1) is 0 Å². The van der Waals surface area contributed by atoms with Crippen LogP contribution in [0.3, 0.4) is 0 Å². The average Bonchev–Trinajstić information content (AvgIpc) is 2.03. The Labute approximate surface area is 74.0 Å². The lowest BCUT2D eigenvalue weighted by atomic mass is 10.0. The molecule has 0 aliphatic heterocycles. The molecule has 0 aromatic carbocycles. The number of nitrogens with two attached hydrogens (primary N) is 1. The Kier molecular flexibility index (Phi) is 5.37. The quantitative estimate of drug-likeness (QED) is 0.600. The maximum absolute atomic E-state index is 10.8. The molecule has 0 bridgehead atoms. The minimum Gasteiger partial charge on any atom is -0.366 e. The lowest BCUT2D eigenvalue weighted by Crippen LogP contribution is -2.19. The maximum Gasteiger partial charge on any atom is 0.244 e. The van der Waals surface area contributed by atoms with E-state index in [0.717, 1.165) is 25.0 Å². The molecule has 0 unspecified atom stereocenters. The van der Waals surface area contributed by atoms with Crippen LogP contribution in [0.15, 0.2) is 11.1 Å². The summed E-state index contributed by atoms with van der Waals surface area (Å²) in [7, 11) is 1.87. The molecule has 0 aromatic heterocycles. The third-order valence-electron chi connectivity index (χ3n) is 1.84. The number of hydrogen-bond donors (Lipinski definition) is 2. The minimum absolute atomic E-state index is 0.311. The molecular weight excluding hydrogens is 152 g/mol. The molecule has 0 fully saturated rings. The summed E-state index contributed by atoms with van der Waals surface area (Å²) in [5.74, 6) is -0.311. The minimum atomic E-state index is -0.311. The Morgan fingerprint density at radius 3 is 2.42 bits per heavy atom. The van der Waals surface area contributed by atoms with Gasteiger partial charge in [0.25, 0.3) is 0 Å². The molecular formula is C9H18N2O. The number of rotatable bonds is 5. The Bertz CT molecular complexity index is 177. The fraction of sp³-hybridized carbons (Fsp3) is 0.667. The van der Waals surface area contributed by atoms with Crippen LogP contribution in [0.1, 0.15) is 26.7 Å². The summed E-state index contributed by atoms with van der Waals surface area (Å²) in [5.41, 5.74) is 6.99. The summed E-state index contributed by atoms with van der Waals surface area (Å²) >= 11 is 0. The summed E-state index contributed by atoms with van der Waals surface area (Å²) < 4.78 is 0. The molecule has 0 aromatic rings. The van der Waals surface area contributed by atoms with Gasteiger partial charge in [-0.3, -0.25) is 4.79 Å². The predicted molar refractivity (Wildman–Crippen MR) is 50.7 cm³/mol. The van der Waals surface area contributed by atoms with Crippen LogP contribution in [-0.4, -0.2) is 19.5 Å². The Morgan fingerprint density at radius 1 is 1.50 bits per heavy atom. The molecule has 0 spiro atoms. The van der Waals surface area contributed by atoms with E-state index in [1.807, 2.05) is 7.05 Å². The van der Waals surface area contributed by atoms with E-state index in [0.29, 0.717) is 5.57 Å². The molecule has 70 valence electrons. The number of likely N-dealkylation sites (N-methyl/N-ethyl adjacent to an activating group) is 1. The van der Waals surface area contributed by atoms with Gasteiger partial charge in [-0.05, 0) is 26.0 Å². The number of nitrogens with one attached hydrogen (secondary N) is 1. The zero-order valence-corrected chi connectivity index (χ0v) is 8.11.